The molecule has 1 atom stereocenters. The number of benzene rings is 2. The second-order valence-corrected chi connectivity index (χ2v) is 8.78. The zero-order chi connectivity index (χ0) is 21.3. The van der Waals surface area contributed by atoms with Gasteiger partial charge in [0.05, 0.1) is 36.6 Å². The minimum absolute atomic E-state index is 0.0907. The van der Waals surface area contributed by atoms with E-state index in [2.05, 4.69) is 0 Å². The highest BCUT2D eigenvalue weighted by Gasteiger charge is 2.43. The lowest BCUT2D eigenvalue weighted by Crippen LogP contribution is -2.37. The Bertz CT molecular complexity index is 1080. The van der Waals surface area contributed by atoms with E-state index in [9.17, 15) is 22.4 Å². The summed E-state index contributed by atoms with van der Waals surface area (Å²) in [5.41, 5.74) is -0.0869. The number of rotatable bonds is 7. The van der Waals surface area contributed by atoms with Crippen molar-refractivity contribution in [3.05, 3.63) is 58.9 Å². The molecule has 0 aliphatic carbocycles. The molecule has 1 aliphatic rings. The van der Waals surface area contributed by atoms with Gasteiger partial charge in [-0.3, -0.25) is 14.5 Å². The summed E-state index contributed by atoms with van der Waals surface area (Å²) in [5, 5.41) is 0. The van der Waals surface area contributed by atoms with Gasteiger partial charge in [0.15, 0.2) is 11.5 Å². The fourth-order valence-electron chi connectivity index (χ4n) is 3.32. The molecule has 9 heteroatoms. The molecule has 0 saturated carbocycles. The molecule has 0 radical (unpaired) electrons. The number of amides is 2. The van der Waals surface area contributed by atoms with E-state index in [1.54, 1.807) is 19.1 Å². The van der Waals surface area contributed by atoms with Gasteiger partial charge >= 0.3 is 0 Å². The molecule has 1 unspecified atom stereocenters. The summed E-state index contributed by atoms with van der Waals surface area (Å²) in [4.78, 5) is 26.6. The van der Waals surface area contributed by atoms with Gasteiger partial charge in [0.2, 0.25) is 0 Å². The van der Waals surface area contributed by atoms with Crippen LogP contribution in [-0.2, 0) is 9.84 Å². The Morgan fingerprint density at radius 3 is 2.41 bits per heavy atom. The number of carbonyl (C=O) groups excluding carboxylic acids is 2. The number of hydrogen-bond acceptors (Lipinski definition) is 6. The Morgan fingerprint density at radius 1 is 1.10 bits per heavy atom. The van der Waals surface area contributed by atoms with E-state index in [1.165, 1.54) is 25.3 Å². The monoisotopic (exact) mass is 421 g/mol. The highest BCUT2D eigenvalue weighted by atomic mass is 32.2. The standard InChI is InChI=1S/C20H20FNO6S/c1-4-28-17-10-12(8-9-16(17)27-2)15(11-29(3,25)26)22-19(23)13-6-5-7-14(21)18(13)20(22)24/h5-10,15H,4,11H2,1-3H3. The SMILES string of the molecule is CCOc1cc(C(CS(C)(=O)=O)N2C(=O)c3cccc(F)c3C2=O)ccc1OC. The van der Waals surface area contributed by atoms with Gasteiger partial charge in [0, 0.05) is 6.26 Å². The number of sulfone groups is 1. The van der Waals surface area contributed by atoms with Crippen LogP contribution >= 0.6 is 0 Å². The molecular formula is C20H20FNO6S. The topological polar surface area (TPSA) is 90.0 Å². The largest absolute Gasteiger partial charge is 0.493 e. The van der Waals surface area contributed by atoms with Crippen molar-refractivity contribution in [3.8, 4) is 11.5 Å². The second kappa shape index (κ2) is 7.82. The highest BCUT2D eigenvalue weighted by Crippen LogP contribution is 2.37. The van der Waals surface area contributed by atoms with Crippen LogP contribution in [0.1, 0.15) is 39.2 Å². The van der Waals surface area contributed by atoms with Gasteiger partial charge in [-0.05, 0) is 36.8 Å². The average Bonchev–Trinajstić information content (AvgIpc) is 2.91. The first kappa shape index (κ1) is 20.8. The molecule has 0 spiro atoms. The summed E-state index contributed by atoms with van der Waals surface area (Å²) in [6.07, 6.45) is 1.01. The van der Waals surface area contributed by atoms with Crippen molar-refractivity contribution in [1.29, 1.82) is 0 Å². The molecule has 2 aromatic rings. The molecule has 2 aromatic carbocycles. The van der Waals surface area contributed by atoms with Gasteiger partial charge < -0.3 is 9.47 Å². The third-order valence-corrected chi connectivity index (χ3v) is 5.46. The van der Waals surface area contributed by atoms with Crippen LogP contribution in [0.5, 0.6) is 11.5 Å². The third-order valence-electron chi connectivity index (χ3n) is 4.54. The predicted molar refractivity (Wildman–Crippen MR) is 104 cm³/mol. The lowest BCUT2D eigenvalue weighted by molar-refractivity contribution is 0.0596. The Morgan fingerprint density at radius 2 is 1.83 bits per heavy atom. The summed E-state index contributed by atoms with van der Waals surface area (Å²) in [6.45, 7) is 2.10. The quantitative estimate of drug-likeness (QED) is 0.639. The Labute approximate surface area is 168 Å². The maximum absolute atomic E-state index is 14.2. The van der Waals surface area contributed by atoms with Crippen molar-refractivity contribution in [2.24, 2.45) is 0 Å². The van der Waals surface area contributed by atoms with Crippen molar-refractivity contribution in [2.45, 2.75) is 13.0 Å². The van der Waals surface area contributed by atoms with Crippen molar-refractivity contribution in [3.63, 3.8) is 0 Å². The molecular weight excluding hydrogens is 401 g/mol. The van der Waals surface area contributed by atoms with Gasteiger partial charge in [-0.15, -0.1) is 0 Å². The number of nitrogens with zero attached hydrogens (tertiary/aromatic N) is 1. The third kappa shape index (κ3) is 3.95. The summed E-state index contributed by atoms with van der Waals surface area (Å²) in [6, 6.07) is 7.25. The minimum atomic E-state index is -3.61. The first-order valence-electron chi connectivity index (χ1n) is 8.82. The maximum Gasteiger partial charge on any atom is 0.265 e. The van der Waals surface area contributed by atoms with Gasteiger partial charge in [0.25, 0.3) is 11.8 Å². The lowest BCUT2D eigenvalue weighted by Gasteiger charge is -2.26. The van der Waals surface area contributed by atoms with E-state index in [-0.39, 0.29) is 11.1 Å². The zero-order valence-electron chi connectivity index (χ0n) is 16.1. The Balaban J connectivity index is 2.13. The van der Waals surface area contributed by atoms with Gasteiger partial charge in [-0.2, -0.15) is 0 Å². The second-order valence-electron chi connectivity index (χ2n) is 6.59. The molecule has 29 heavy (non-hydrogen) atoms. The number of hydrogen-bond donors (Lipinski definition) is 0. The molecule has 1 aliphatic heterocycles. The predicted octanol–water partition coefficient (Wildman–Crippen LogP) is 2.61. The van der Waals surface area contributed by atoms with Crippen LogP contribution in [0.2, 0.25) is 0 Å². The summed E-state index contributed by atoms with van der Waals surface area (Å²) in [7, 11) is -2.15. The molecule has 7 nitrogen and oxygen atoms in total. The number of fused-ring (bicyclic) bond motifs is 1. The lowest BCUT2D eigenvalue weighted by atomic mass is 10.1. The van der Waals surface area contributed by atoms with Crippen LogP contribution < -0.4 is 9.47 Å². The fraction of sp³-hybridized carbons (Fsp3) is 0.300. The molecule has 3 rings (SSSR count). The molecule has 0 saturated heterocycles. The van der Waals surface area contributed by atoms with Crippen LogP contribution in [0.25, 0.3) is 0 Å². The summed E-state index contributed by atoms with van der Waals surface area (Å²) < 4.78 is 49.1. The number of carbonyl (C=O) groups is 2. The van der Waals surface area contributed by atoms with Crippen LogP contribution in [0.3, 0.4) is 0 Å². The van der Waals surface area contributed by atoms with E-state index < -0.39 is 39.3 Å². The first-order valence-corrected chi connectivity index (χ1v) is 10.9. The molecule has 0 bridgehead atoms. The van der Waals surface area contributed by atoms with E-state index in [0.717, 1.165) is 17.2 Å². The average molecular weight is 421 g/mol. The minimum Gasteiger partial charge on any atom is -0.493 e. The molecule has 0 fully saturated rings. The van der Waals surface area contributed by atoms with E-state index in [4.69, 9.17) is 9.47 Å². The molecule has 0 N–H and O–H groups in total. The van der Waals surface area contributed by atoms with E-state index in [0.29, 0.717) is 23.7 Å². The summed E-state index contributed by atoms with van der Waals surface area (Å²) in [5.74, 6) is -2.20. The van der Waals surface area contributed by atoms with Crippen LogP contribution in [-0.4, -0.2) is 50.9 Å². The van der Waals surface area contributed by atoms with Crippen molar-refractivity contribution in [1.82, 2.24) is 4.90 Å². The molecule has 1 heterocycles. The number of imide groups is 1. The van der Waals surface area contributed by atoms with Gasteiger partial charge in [0.1, 0.15) is 15.7 Å². The van der Waals surface area contributed by atoms with E-state index >= 15 is 0 Å². The van der Waals surface area contributed by atoms with Crippen molar-refractivity contribution >= 4 is 21.7 Å². The molecule has 0 aromatic heterocycles. The van der Waals surface area contributed by atoms with Crippen LogP contribution in [0.4, 0.5) is 4.39 Å². The van der Waals surface area contributed by atoms with E-state index in [1.807, 2.05) is 0 Å². The van der Waals surface area contributed by atoms with Crippen LogP contribution in [0.15, 0.2) is 36.4 Å². The Hall–Kier alpha value is -2.94. The first-order chi connectivity index (χ1) is 13.7. The normalized spacial score (nSPS) is 14.7. The van der Waals surface area contributed by atoms with Crippen LogP contribution in [0, 0.1) is 5.82 Å². The number of methoxy groups -OCH3 is 1. The highest BCUT2D eigenvalue weighted by molar-refractivity contribution is 7.90. The Kier molecular flexibility index (Phi) is 5.61. The van der Waals surface area contributed by atoms with Crippen molar-refractivity contribution < 1.29 is 31.9 Å². The molecule has 154 valence electrons. The molecule has 2 amide bonds. The number of halogens is 1. The maximum atomic E-state index is 14.2. The smallest absolute Gasteiger partial charge is 0.265 e. The van der Waals surface area contributed by atoms with Gasteiger partial charge in [-0.25, -0.2) is 12.8 Å². The fourth-order valence-corrected chi connectivity index (χ4v) is 4.24. The van der Waals surface area contributed by atoms with Gasteiger partial charge in [-0.1, -0.05) is 12.1 Å². The zero-order valence-corrected chi connectivity index (χ0v) is 17.0. The summed E-state index contributed by atoms with van der Waals surface area (Å²) >= 11 is 0. The number of ether oxygens (including phenoxy) is 2. The van der Waals surface area contributed by atoms with Crippen molar-refractivity contribution in [2.75, 3.05) is 25.7 Å².